The molecular formula is C18H22N2O4. The van der Waals surface area contributed by atoms with Crippen LogP contribution < -0.4 is 10.6 Å². The fraction of sp³-hybridized carbons (Fsp3) is 0.389. The predicted molar refractivity (Wildman–Crippen MR) is 90.6 cm³/mol. The highest BCUT2D eigenvalue weighted by atomic mass is 16.5. The lowest BCUT2D eigenvalue weighted by Crippen LogP contribution is -2.36. The number of carbonyl (C=O) groups excluding carboxylic acids is 3. The summed E-state index contributed by atoms with van der Waals surface area (Å²) in [6.45, 7) is 0.445. The van der Waals surface area contributed by atoms with Gasteiger partial charge in [-0.3, -0.25) is 9.59 Å². The van der Waals surface area contributed by atoms with Crippen LogP contribution in [-0.4, -0.2) is 31.4 Å². The van der Waals surface area contributed by atoms with Crippen molar-refractivity contribution in [2.75, 3.05) is 19.0 Å². The summed E-state index contributed by atoms with van der Waals surface area (Å²) in [5.41, 5.74) is 2.01. The van der Waals surface area contributed by atoms with Crippen molar-refractivity contribution in [2.45, 2.75) is 32.1 Å². The number of nitrogens with one attached hydrogen (secondary N) is 2. The van der Waals surface area contributed by atoms with Gasteiger partial charge in [-0.15, -0.1) is 0 Å². The van der Waals surface area contributed by atoms with Crippen LogP contribution in [0.4, 0.5) is 5.69 Å². The van der Waals surface area contributed by atoms with Gasteiger partial charge in [-0.2, -0.15) is 0 Å². The van der Waals surface area contributed by atoms with Crippen LogP contribution in [0, 0.1) is 0 Å². The zero-order chi connectivity index (χ0) is 17.4. The molecule has 0 bridgehead atoms. The highest BCUT2D eigenvalue weighted by Gasteiger charge is 2.14. The van der Waals surface area contributed by atoms with Gasteiger partial charge in [-0.1, -0.05) is 17.7 Å². The number of benzene rings is 1. The first-order valence-electron chi connectivity index (χ1n) is 8.05. The Balaban J connectivity index is 1.82. The van der Waals surface area contributed by atoms with Gasteiger partial charge in [0.25, 0.3) is 0 Å². The van der Waals surface area contributed by atoms with Gasteiger partial charge in [0.1, 0.15) is 0 Å². The number of allylic oxidation sites excluding steroid dienone is 1. The van der Waals surface area contributed by atoms with E-state index in [2.05, 4.69) is 21.4 Å². The number of rotatable bonds is 5. The number of hydrogen-bond acceptors (Lipinski definition) is 4. The minimum atomic E-state index is -0.755. The van der Waals surface area contributed by atoms with Crippen LogP contribution in [0.3, 0.4) is 0 Å². The molecule has 0 saturated carbocycles. The topological polar surface area (TPSA) is 84.5 Å². The zero-order valence-corrected chi connectivity index (χ0v) is 13.8. The van der Waals surface area contributed by atoms with Crippen molar-refractivity contribution in [3.63, 3.8) is 0 Å². The van der Waals surface area contributed by atoms with Crippen molar-refractivity contribution < 1.29 is 19.1 Å². The van der Waals surface area contributed by atoms with Crippen molar-refractivity contribution in [3.8, 4) is 0 Å². The molecule has 6 heteroatoms. The Morgan fingerprint density at radius 3 is 2.71 bits per heavy atom. The third-order valence-electron chi connectivity index (χ3n) is 3.86. The molecule has 0 heterocycles. The number of hydrogen-bond donors (Lipinski definition) is 2. The first-order chi connectivity index (χ1) is 11.6. The summed E-state index contributed by atoms with van der Waals surface area (Å²) in [4.78, 5) is 35.2. The van der Waals surface area contributed by atoms with E-state index in [9.17, 15) is 14.4 Å². The number of methoxy groups -OCH3 is 1. The van der Waals surface area contributed by atoms with E-state index in [0.717, 1.165) is 19.3 Å². The Kier molecular flexibility index (Phi) is 6.54. The molecule has 0 saturated heterocycles. The molecule has 2 N–H and O–H groups in total. The van der Waals surface area contributed by atoms with Gasteiger partial charge < -0.3 is 15.4 Å². The summed E-state index contributed by atoms with van der Waals surface area (Å²) in [7, 11) is 1.28. The van der Waals surface area contributed by atoms with Crippen LogP contribution in [0.5, 0.6) is 0 Å². The van der Waals surface area contributed by atoms with Crippen molar-refractivity contribution in [1.82, 2.24) is 5.32 Å². The summed E-state index contributed by atoms with van der Waals surface area (Å²) in [5, 5.41) is 5.09. The molecule has 24 heavy (non-hydrogen) atoms. The van der Waals surface area contributed by atoms with Gasteiger partial charge in [-0.05, 0) is 50.3 Å². The van der Waals surface area contributed by atoms with Crippen LogP contribution in [-0.2, 0) is 14.3 Å². The average molecular weight is 330 g/mol. The first kappa shape index (κ1) is 17.7. The number of carbonyl (C=O) groups is 3. The third kappa shape index (κ3) is 5.22. The lowest BCUT2D eigenvalue weighted by atomic mass is 9.97. The zero-order valence-electron chi connectivity index (χ0n) is 13.8. The molecule has 0 aliphatic heterocycles. The third-order valence-corrected chi connectivity index (χ3v) is 3.86. The SMILES string of the molecule is COC(=O)c1cccc(NC(=O)C(=O)NCCC2=CCCCC2)c1. The molecule has 1 aromatic rings. The molecule has 1 aliphatic rings. The van der Waals surface area contributed by atoms with Crippen LogP contribution in [0.2, 0.25) is 0 Å². The Labute approximate surface area is 141 Å². The summed E-state index contributed by atoms with van der Waals surface area (Å²) in [5.74, 6) is -1.94. The van der Waals surface area contributed by atoms with Crippen molar-refractivity contribution in [3.05, 3.63) is 41.5 Å². The van der Waals surface area contributed by atoms with Gasteiger partial charge >= 0.3 is 17.8 Å². The molecule has 1 aliphatic carbocycles. The maximum absolute atomic E-state index is 11.9. The largest absolute Gasteiger partial charge is 0.465 e. The monoisotopic (exact) mass is 330 g/mol. The van der Waals surface area contributed by atoms with Gasteiger partial charge in [0.2, 0.25) is 0 Å². The molecular weight excluding hydrogens is 308 g/mol. The molecule has 0 aromatic heterocycles. The molecule has 0 unspecified atom stereocenters. The lowest BCUT2D eigenvalue weighted by molar-refractivity contribution is -0.136. The molecule has 0 fully saturated rings. The molecule has 0 spiro atoms. The standard InChI is InChI=1S/C18H22N2O4/c1-24-18(23)14-8-5-9-15(12-14)20-17(22)16(21)19-11-10-13-6-3-2-4-7-13/h5-6,8-9,12H,2-4,7,10-11H2,1H3,(H,19,21)(H,20,22). The van der Waals surface area contributed by atoms with E-state index < -0.39 is 17.8 Å². The molecule has 2 rings (SSSR count). The molecule has 0 atom stereocenters. The van der Waals surface area contributed by atoms with Gasteiger partial charge in [-0.25, -0.2) is 4.79 Å². The smallest absolute Gasteiger partial charge is 0.337 e. The van der Waals surface area contributed by atoms with Crippen molar-refractivity contribution in [2.24, 2.45) is 0 Å². The molecule has 1 aromatic carbocycles. The Morgan fingerprint density at radius 1 is 1.17 bits per heavy atom. The summed E-state index contributed by atoms with van der Waals surface area (Å²) < 4.78 is 4.62. The van der Waals surface area contributed by atoms with Gasteiger partial charge in [0.15, 0.2) is 0 Å². The summed E-state index contributed by atoms with van der Waals surface area (Å²) in [6.07, 6.45) is 7.58. The van der Waals surface area contributed by atoms with E-state index in [4.69, 9.17) is 0 Å². The molecule has 128 valence electrons. The quantitative estimate of drug-likeness (QED) is 0.493. The van der Waals surface area contributed by atoms with Crippen LogP contribution >= 0.6 is 0 Å². The first-order valence-corrected chi connectivity index (χ1v) is 8.05. The highest BCUT2D eigenvalue weighted by Crippen LogP contribution is 2.19. The van der Waals surface area contributed by atoms with E-state index in [0.29, 0.717) is 17.8 Å². The normalized spacial score (nSPS) is 13.6. The average Bonchev–Trinajstić information content (AvgIpc) is 2.62. The Morgan fingerprint density at radius 2 is 2.00 bits per heavy atom. The maximum atomic E-state index is 11.9. The van der Waals surface area contributed by atoms with Crippen LogP contribution in [0.1, 0.15) is 42.5 Å². The number of esters is 1. The number of amides is 2. The highest BCUT2D eigenvalue weighted by molar-refractivity contribution is 6.39. The van der Waals surface area contributed by atoms with Crippen molar-refractivity contribution in [1.29, 1.82) is 0 Å². The van der Waals surface area contributed by atoms with Gasteiger partial charge in [0.05, 0.1) is 12.7 Å². The van der Waals surface area contributed by atoms with Gasteiger partial charge in [0, 0.05) is 12.2 Å². The Bertz CT molecular complexity index is 652. The Hall–Kier alpha value is -2.63. The number of anilines is 1. The van der Waals surface area contributed by atoms with Crippen LogP contribution in [0.25, 0.3) is 0 Å². The van der Waals surface area contributed by atoms with E-state index in [1.54, 1.807) is 18.2 Å². The second-order valence-electron chi connectivity index (χ2n) is 5.64. The predicted octanol–water partition coefficient (Wildman–Crippen LogP) is 2.42. The molecule has 0 radical (unpaired) electrons. The minimum absolute atomic E-state index is 0.306. The molecule has 6 nitrogen and oxygen atoms in total. The van der Waals surface area contributed by atoms with Crippen LogP contribution in [0.15, 0.2) is 35.9 Å². The van der Waals surface area contributed by atoms with E-state index in [-0.39, 0.29) is 0 Å². The molecule has 2 amide bonds. The fourth-order valence-electron chi connectivity index (χ4n) is 2.58. The number of ether oxygens (including phenoxy) is 1. The summed E-state index contributed by atoms with van der Waals surface area (Å²) >= 11 is 0. The lowest BCUT2D eigenvalue weighted by Gasteiger charge is -2.13. The second kappa shape index (κ2) is 8.86. The fourth-order valence-corrected chi connectivity index (χ4v) is 2.58. The maximum Gasteiger partial charge on any atom is 0.337 e. The minimum Gasteiger partial charge on any atom is -0.465 e. The van der Waals surface area contributed by atoms with E-state index in [1.807, 2.05) is 0 Å². The van der Waals surface area contributed by atoms with E-state index >= 15 is 0 Å². The van der Waals surface area contributed by atoms with E-state index in [1.165, 1.54) is 31.6 Å². The second-order valence-corrected chi connectivity index (χ2v) is 5.64. The van der Waals surface area contributed by atoms with Crippen molar-refractivity contribution >= 4 is 23.5 Å². The summed E-state index contributed by atoms with van der Waals surface area (Å²) in [6, 6.07) is 6.24.